The Morgan fingerprint density at radius 1 is 1.24 bits per heavy atom. The molecule has 1 rings (SSSR count). The molecule has 1 fully saturated rings. The normalized spacial score (nSPS) is 23.6. The van der Waals surface area contributed by atoms with E-state index in [0.717, 1.165) is 0 Å². The van der Waals surface area contributed by atoms with Crippen molar-refractivity contribution in [2.45, 2.75) is 44.6 Å². The Bertz CT molecular complexity index is 227. The summed E-state index contributed by atoms with van der Waals surface area (Å²) in [6, 6.07) is 0. The smallest absolute Gasteiger partial charge is 0.392 e. The molecule has 0 aromatic heterocycles. The lowest BCUT2D eigenvalue weighted by Gasteiger charge is -2.35. The lowest BCUT2D eigenvalue weighted by molar-refractivity contribution is -0.223. The Balaban J connectivity index is 2.35. The molecule has 0 radical (unpaired) electrons. The van der Waals surface area contributed by atoms with Gasteiger partial charge in [0.05, 0.1) is 6.10 Å². The van der Waals surface area contributed by atoms with Gasteiger partial charge in [0.2, 0.25) is 0 Å². The molecular formula is C11H20F3NO2. The number of piperidine rings is 1. The van der Waals surface area contributed by atoms with Crippen LogP contribution in [0.25, 0.3) is 0 Å². The van der Waals surface area contributed by atoms with Crippen LogP contribution in [0.1, 0.15) is 26.2 Å². The number of likely N-dealkylation sites (tertiary alicyclic amines) is 1. The van der Waals surface area contributed by atoms with E-state index in [4.69, 9.17) is 5.11 Å². The zero-order chi connectivity index (χ0) is 13.1. The average molecular weight is 255 g/mol. The van der Waals surface area contributed by atoms with Gasteiger partial charge in [-0.15, -0.1) is 0 Å². The quantitative estimate of drug-likeness (QED) is 0.798. The molecule has 0 aliphatic carbocycles. The third-order valence-electron chi connectivity index (χ3n) is 3.35. The van der Waals surface area contributed by atoms with Crippen molar-refractivity contribution in [3.05, 3.63) is 0 Å². The fraction of sp³-hybridized carbons (Fsp3) is 1.00. The number of β-amino-alcohol motifs (C(OH)–C–C–N with tert-alkyl or cyclic N) is 1. The summed E-state index contributed by atoms with van der Waals surface area (Å²) < 4.78 is 36.9. The monoisotopic (exact) mass is 255 g/mol. The van der Waals surface area contributed by atoms with E-state index in [1.54, 1.807) is 0 Å². The number of aliphatic hydroxyl groups excluding tert-OH is 2. The molecule has 0 amide bonds. The van der Waals surface area contributed by atoms with Crippen molar-refractivity contribution in [1.29, 1.82) is 0 Å². The summed E-state index contributed by atoms with van der Waals surface area (Å²) in [6.45, 7) is 3.39. The molecule has 2 atom stereocenters. The highest BCUT2D eigenvalue weighted by atomic mass is 19.4. The van der Waals surface area contributed by atoms with E-state index in [9.17, 15) is 18.3 Å². The van der Waals surface area contributed by atoms with Crippen LogP contribution >= 0.6 is 0 Å². The zero-order valence-corrected chi connectivity index (χ0v) is 9.95. The van der Waals surface area contributed by atoms with E-state index >= 15 is 0 Å². The molecule has 0 aromatic carbocycles. The number of hydrogen-bond donors (Lipinski definition) is 2. The van der Waals surface area contributed by atoms with Gasteiger partial charge in [-0.25, -0.2) is 0 Å². The standard InChI is InChI=1S/C11H20F3NO2/c1-2-9(16)7-15-5-3-8(4-6-15)10(17)11(12,13)14/h8-10,16-17H,2-7H2,1H3/t9-,10?/m1/s1. The zero-order valence-electron chi connectivity index (χ0n) is 9.95. The maximum absolute atomic E-state index is 12.3. The average Bonchev–Trinajstić information content (AvgIpc) is 2.27. The van der Waals surface area contributed by atoms with E-state index in [2.05, 4.69) is 0 Å². The van der Waals surface area contributed by atoms with E-state index in [0.29, 0.717) is 38.9 Å². The van der Waals surface area contributed by atoms with Crippen LogP contribution in [-0.4, -0.2) is 53.1 Å². The SMILES string of the molecule is CC[C@@H](O)CN1CCC(C(O)C(F)(F)F)CC1. The summed E-state index contributed by atoms with van der Waals surface area (Å²) >= 11 is 0. The third-order valence-corrected chi connectivity index (χ3v) is 3.35. The van der Waals surface area contributed by atoms with Crippen LogP contribution in [-0.2, 0) is 0 Å². The van der Waals surface area contributed by atoms with Gasteiger partial charge in [-0.05, 0) is 38.3 Å². The van der Waals surface area contributed by atoms with Gasteiger partial charge in [0.25, 0.3) is 0 Å². The molecule has 0 saturated carbocycles. The number of aliphatic hydroxyl groups is 2. The number of nitrogens with zero attached hydrogens (tertiary/aromatic N) is 1. The Morgan fingerprint density at radius 3 is 2.18 bits per heavy atom. The Kier molecular flexibility index (Phi) is 5.22. The van der Waals surface area contributed by atoms with E-state index in [-0.39, 0.29) is 0 Å². The van der Waals surface area contributed by atoms with Crippen LogP contribution in [0.4, 0.5) is 13.2 Å². The Labute approximate surface area is 99.2 Å². The van der Waals surface area contributed by atoms with Gasteiger partial charge in [-0.2, -0.15) is 13.2 Å². The summed E-state index contributed by atoms with van der Waals surface area (Å²) in [5, 5.41) is 18.6. The molecule has 1 unspecified atom stereocenters. The number of hydrogen-bond acceptors (Lipinski definition) is 3. The summed E-state index contributed by atoms with van der Waals surface area (Å²) in [4.78, 5) is 1.95. The molecule has 1 heterocycles. The van der Waals surface area contributed by atoms with Gasteiger partial charge in [-0.3, -0.25) is 0 Å². The molecule has 1 saturated heterocycles. The Hall–Kier alpha value is -0.330. The second-order valence-electron chi connectivity index (χ2n) is 4.69. The highest BCUT2D eigenvalue weighted by Gasteiger charge is 2.44. The van der Waals surface area contributed by atoms with Crippen LogP contribution in [0.15, 0.2) is 0 Å². The molecule has 0 spiro atoms. The maximum atomic E-state index is 12.3. The van der Waals surface area contributed by atoms with E-state index < -0.39 is 24.3 Å². The van der Waals surface area contributed by atoms with Gasteiger partial charge < -0.3 is 15.1 Å². The minimum absolute atomic E-state index is 0.330. The topological polar surface area (TPSA) is 43.7 Å². The van der Waals surface area contributed by atoms with Crippen LogP contribution in [0.3, 0.4) is 0 Å². The molecular weight excluding hydrogens is 235 g/mol. The maximum Gasteiger partial charge on any atom is 0.414 e. The highest BCUT2D eigenvalue weighted by molar-refractivity contribution is 4.82. The third kappa shape index (κ3) is 4.44. The van der Waals surface area contributed by atoms with E-state index in [1.165, 1.54) is 0 Å². The molecule has 102 valence electrons. The van der Waals surface area contributed by atoms with Crippen molar-refractivity contribution < 1.29 is 23.4 Å². The minimum Gasteiger partial charge on any atom is -0.392 e. The summed E-state index contributed by atoms with van der Waals surface area (Å²) in [5.74, 6) is -0.704. The van der Waals surface area contributed by atoms with Crippen molar-refractivity contribution in [2.75, 3.05) is 19.6 Å². The molecule has 3 nitrogen and oxygen atoms in total. The minimum atomic E-state index is -4.52. The van der Waals surface area contributed by atoms with Crippen LogP contribution in [0.5, 0.6) is 0 Å². The fourth-order valence-corrected chi connectivity index (χ4v) is 2.15. The lowest BCUT2D eigenvalue weighted by atomic mass is 9.90. The number of rotatable bonds is 4. The van der Waals surface area contributed by atoms with E-state index in [1.807, 2.05) is 11.8 Å². The molecule has 1 aliphatic rings. The molecule has 2 N–H and O–H groups in total. The summed E-state index contributed by atoms with van der Waals surface area (Å²) in [7, 11) is 0. The largest absolute Gasteiger partial charge is 0.414 e. The predicted octanol–water partition coefficient (Wildman–Crippen LogP) is 1.39. The van der Waals surface area contributed by atoms with Crippen molar-refractivity contribution in [3.63, 3.8) is 0 Å². The molecule has 6 heteroatoms. The van der Waals surface area contributed by atoms with Gasteiger partial charge in [-0.1, -0.05) is 6.92 Å². The van der Waals surface area contributed by atoms with Gasteiger partial charge in [0.1, 0.15) is 0 Å². The second kappa shape index (κ2) is 6.02. The molecule has 17 heavy (non-hydrogen) atoms. The number of halogens is 3. The van der Waals surface area contributed by atoms with Crippen LogP contribution in [0.2, 0.25) is 0 Å². The molecule has 0 bridgehead atoms. The summed E-state index contributed by atoms with van der Waals surface area (Å²) in [5.41, 5.74) is 0. The molecule has 0 aromatic rings. The lowest BCUT2D eigenvalue weighted by Crippen LogP contribution is -2.45. The van der Waals surface area contributed by atoms with Crippen molar-refractivity contribution in [1.82, 2.24) is 4.90 Å². The summed E-state index contributed by atoms with van der Waals surface area (Å²) in [6.07, 6.45) is -5.84. The fourth-order valence-electron chi connectivity index (χ4n) is 2.15. The molecule has 1 aliphatic heterocycles. The van der Waals surface area contributed by atoms with Crippen molar-refractivity contribution in [3.8, 4) is 0 Å². The first-order chi connectivity index (χ1) is 7.84. The Morgan fingerprint density at radius 2 is 1.76 bits per heavy atom. The highest BCUT2D eigenvalue weighted by Crippen LogP contribution is 2.31. The van der Waals surface area contributed by atoms with Gasteiger partial charge >= 0.3 is 6.18 Å². The van der Waals surface area contributed by atoms with Gasteiger partial charge in [0, 0.05) is 6.54 Å². The van der Waals surface area contributed by atoms with Gasteiger partial charge in [0.15, 0.2) is 6.10 Å². The first-order valence-corrected chi connectivity index (χ1v) is 5.99. The number of alkyl halides is 3. The second-order valence-corrected chi connectivity index (χ2v) is 4.69. The predicted molar refractivity (Wildman–Crippen MR) is 57.5 cm³/mol. The van der Waals surface area contributed by atoms with Crippen molar-refractivity contribution in [2.24, 2.45) is 5.92 Å². The van der Waals surface area contributed by atoms with Crippen LogP contribution in [0, 0.1) is 5.92 Å². The van der Waals surface area contributed by atoms with Crippen LogP contribution < -0.4 is 0 Å². The van der Waals surface area contributed by atoms with Crippen molar-refractivity contribution >= 4 is 0 Å². The first-order valence-electron chi connectivity index (χ1n) is 5.99. The first kappa shape index (κ1) is 14.7.